The lowest BCUT2D eigenvalue weighted by Gasteiger charge is -2.44. The summed E-state index contributed by atoms with van der Waals surface area (Å²) in [5.74, 6) is 0.739. The monoisotopic (exact) mass is 661 g/mol. The first-order valence-electron chi connectivity index (χ1n) is 15.8. The Morgan fingerprint density at radius 1 is 0.452 bits per heavy atom. The number of nitrogens with one attached hydrogen (secondary N) is 3. The molecule has 0 aliphatic carbocycles. The van der Waals surface area contributed by atoms with Crippen molar-refractivity contribution < 1.29 is 38.9 Å². The van der Waals surface area contributed by atoms with Crippen molar-refractivity contribution in [1.29, 1.82) is 0 Å². The van der Waals surface area contributed by atoms with Crippen molar-refractivity contribution in [2.24, 2.45) is 11.3 Å². The Morgan fingerprint density at radius 2 is 0.714 bits per heavy atom. The fourth-order valence-corrected chi connectivity index (χ4v) is 12.8. The predicted octanol–water partition coefficient (Wildman–Crippen LogP) is 3.72. The van der Waals surface area contributed by atoms with Gasteiger partial charge in [0, 0.05) is 5.41 Å². The van der Waals surface area contributed by atoms with E-state index in [4.69, 9.17) is 0 Å². The van der Waals surface area contributed by atoms with Gasteiger partial charge in [-0.3, -0.25) is 13.7 Å². The van der Waals surface area contributed by atoms with Crippen molar-refractivity contribution in [3.05, 3.63) is 0 Å². The molecule has 12 nitrogen and oxygen atoms in total. The van der Waals surface area contributed by atoms with E-state index < -0.39 is 39.2 Å². The largest absolute Gasteiger partial charge is 0.350 e. The summed E-state index contributed by atoms with van der Waals surface area (Å²) in [6.07, 6.45) is 11.5. The Kier molecular flexibility index (Phi) is 16.1. The highest BCUT2D eigenvalue weighted by Crippen LogP contribution is 2.54. The highest BCUT2D eigenvalue weighted by atomic mass is 32.3. The summed E-state index contributed by atoms with van der Waals surface area (Å²) < 4.78 is 104. The number of fused-ring (bicyclic) bond motifs is 24. The van der Waals surface area contributed by atoms with Crippen LogP contribution in [-0.2, 0) is 30.4 Å². The van der Waals surface area contributed by atoms with E-state index in [9.17, 15) is 38.9 Å². The van der Waals surface area contributed by atoms with E-state index in [2.05, 4.69) is 16.0 Å². The molecule has 15 heteroatoms. The summed E-state index contributed by atoms with van der Waals surface area (Å²) in [5, 5.41) is 10.1. The van der Waals surface area contributed by atoms with Crippen LogP contribution in [0.25, 0.3) is 0 Å². The van der Waals surface area contributed by atoms with Gasteiger partial charge >= 0.3 is 33.8 Å². The second-order valence-electron chi connectivity index (χ2n) is 12.2. The van der Waals surface area contributed by atoms with Crippen LogP contribution in [0, 0.1) is 11.3 Å². The van der Waals surface area contributed by atoms with Gasteiger partial charge < -0.3 is 16.0 Å². The second-order valence-corrected chi connectivity index (χ2v) is 17.7. The molecule has 0 aromatic rings. The van der Waals surface area contributed by atoms with E-state index in [-0.39, 0.29) is 38.5 Å². The maximum atomic E-state index is 12.9. The van der Waals surface area contributed by atoms with Crippen molar-refractivity contribution in [2.45, 2.75) is 119 Å². The molecule has 3 saturated heterocycles. The van der Waals surface area contributed by atoms with Crippen molar-refractivity contribution in [3.8, 4) is 0 Å². The molecule has 2 bridgehead atoms. The molecule has 3 aliphatic rings. The van der Waals surface area contributed by atoms with Crippen LogP contribution in [0.3, 0.4) is 0 Å². The molecule has 0 aromatic heterocycles. The average molecular weight is 662 g/mol. The molecule has 42 heavy (non-hydrogen) atoms. The fraction of sp³-hybridized carbons (Fsp3) is 1.00. The van der Waals surface area contributed by atoms with Crippen LogP contribution in [-0.4, -0.2) is 81.6 Å². The maximum Gasteiger partial charge on any atom is 0.350 e. The molecule has 0 saturated carbocycles. The van der Waals surface area contributed by atoms with Crippen molar-refractivity contribution in [3.63, 3.8) is 0 Å². The van der Waals surface area contributed by atoms with Crippen molar-refractivity contribution >= 4 is 30.4 Å². The third kappa shape index (κ3) is 10.6. The summed E-state index contributed by atoms with van der Waals surface area (Å²) in [4.78, 5) is 0. The van der Waals surface area contributed by atoms with E-state index in [1.54, 1.807) is 0 Å². The van der Waals surface area contributed by atoms with Crippen LogP contribution >= 0.6 is 0 Å². The molecular formula is C27H55N3O9S3. The van der Waals surface area contributed by atoms with Crippen LogP contribution in [0.1, 0.15) is 116 Å². The molecular weight excluding hydrogens is 607 g/mol. The quantitative estimate of drug-likeness (QED) is 0.239. The average Bonchev–Trinajstić information content (AvgIpc) is 2.86. The minimum absolute atomic E-state index is 0.230. The Morgan fingerprint density at radius 3 is 0.976 bits per heavy atom. The summed E-state index contributed by atoms with van der Waals surface area (Å²) in [6.45, 7) is 4.09. The van der Waals surface area contributed by atoms with Gasteiger partial charge in [0.1, 0.15) is 0 Å². The van der Waals surface area contributed by atoms with Crippen LogP contribution < -0.4 is 16.0 Å². The first-order valence-corrected chi connectivity index (χ1v) is 20.1. The molecule has 3 aliphatic heterocycles. The fourth-order valence-electron chi connectivity index (χ4n) is 7.05. The molecule has 0 unspecified atom stereocenters. The third-order valence-corrected chi connectivity index (χ3v) is 16.2. The molecule has 0 spiro atoms. The summed E-state index contributed by atoms with van der Waals surface area (Å²) >= 11 is 0. The van der Waals surface area contributed by atoms with E-state index in [0.717, 1.165) is 64.1 Å². The molecule has 0 aromatic carbocycles. The van der Waals surface area contributed by atoms with Gasteiger partial charge in [0.25, 0.3) is 0 Å². The summed E-state index contributed by atoms with van der Waals surface area (Å²) in [6, 6.07) is 0. The van der Waals surface area contributed by atoms with Gasteiger partial charge in [-0.25, -0.2) is 0 Å². The van der Waals surface area contributed by atoms with Crippen LogP contribution in [0.2, 0.25) is 0 Å². The number of rotatable bonds is 4. The zero-order valence-corrected chi connectivity index (χ0v) is 27.5. The first-order chi connectivity index (χ1) is 19.8. The molecule has 0 radical (unpaired) electrons. The van der Waals surface area contributed by atoms with Crippen molar-refractivity contribution in [2.75, 3.05) is 39.3 Å². The Balaban J connectivity index is 2.54. The topological polar surface area (TPSA) is 199 Å². The highest BCUT2D eigenvalue weighted by Gasteiger charge is 2.75. The normalized spacial score (nSPS) is 27.6. The zero-order chi connectivity index (χ0) is 31.2. The Hall–Kier alpha value is -0.390. The van der Waals surface area contributed by atoms with Gasteiger partial charge in [-0.05, 0) is 103 Å². The van der Waals surface area contributed by atoms with Crippen molar-refractivity contribution in [1.82, 2.24) is 16.0 Å². The minimum Gasteiger partial charge on any atom is -0.317 e. The maximum absolute atomic E-state index is 12.9. The zero-order valence-electron chi connectivity index (χ0n) is 25.1. The molecule has 0 atom stereocenters. The van der Waals surface area contributed by atoms with Crippen LogP contribution in [0.5, 0.6) is 0 Å². The Bertz CT molecular complexity index is 965. The first kappa shape index (κ1) is 37.8. The van der Waals surface area contributed by atoms with E-state index in [1.165, 1.54) is 19.3 Å². The summed E-state index contributed by atoms with van der Waals surface area (Å²) in [7, 11) is -18.2. The van der Waals surface area contributed by atoms with Gasteiger partial charge in [0.15, 0.2) is 0 Å². The van der Waals surface area contributed by atoms with Crippen LogP contribution in [0.4, 0.5) is 0 Å². The van der Waals surface area contributed by atoms with E-state index in [0.29, 0.717) is 38.9 Å². The smallest absolute Gasteiger partial charge is 0.317 e. The van der Waals surface area contributed by atoms with E-state index in [1.807, 2.05) is 0 Å². The van der Waals surface area contributed by atoms with Gasteiger partial charge in [-0.1, -0.05) is 57.8 Å². The number of hydrogen-bond donors (Lipinski definition) is 6. The standard InChI is InChI=1S/C27H55N3O9S3/c31-40(32,33)27(41(34,35)36,42(37,38)39)26-16-4-10-22-28-19-7-1-13-25(14-2-8-20-29-23-11-5-17-26)15-3-9-21-30-24-12-6-18-26/h25,28-30H,1-24H2,(H,31,32,33)(H,34,35,36)(H,37,38,39). The van der Waals surface area contributed by atoms with Gasteiger partial charge in [-0.15, -0.1) is 0 Å². The van der Waals surface area contributed by atoms with E-state index >= 15 is 0 Å². The minimum atomic E-state index is -6.08. The Labute approximate surface area is 254 Å². The lowest BCUT2D eigenvalue weighted by atomic mass is 9.75. The molecule has 0 amide bonds. The molecule has 250 valence electrons. The molecule has 3 fully saturated rings. The molecule has 3 heterocycles. The van der Waals surface area contributed by atoms with Crippen LogP contribution in [0.15, 0.2) is 0 Å². The third-order valence-electron chi connectivity index (χ3n) is 9.09. The lowest BCUT2D eigenvalue weighted by molar-refractivity contribution is 0.178. The predicted molar refractivity (Wildman–Crippen MR) is 165 cm³/mol. The summed E-state index contributed by atoms with van der Waals surface area (Å²) in [5.41, 5.74) is -2.18. The second kappa shape index (κ2) is 17.9. The van der Waals surface area contributed by atoms with Gasteiger partial charge in [0.2, 0.25) is 0 Å². The molecule has 6 N–H and O–H groups in total. The number of hydrogen-bond acceptors (Lipinski definition) is 9. The molecule has 3 rings (SSSR count). The van der Waals surface area contributed by atoms with Gasteiger partial charge in [0.05, 0.1) is 0 Å². The SMILES string of the molecule is O=S(=O)(O)C(C12CCCCNCCCCC(CCCCNCCCC1)CCCCNCCCC2)(S(=O)(=O)O)S(=O)(=O)O. The lowest BCUT2D eigenvalue weighted by Crippen LogP contribution is -2.63. The highest BCUT2D eigenvalue weighted by molar-refractivity contribution is 8.21. The van der Waals surface area contributed by atoms with Gasteiger partial charge in [-0.2, -0.15) is 25.3 Å².